The Morgan fingerprint density at radius 1 is 1.07 bits per heavy atom. The van der Waals surface area contributed by atoms with Crippen LogP contribution < -0.4 is 16.4 Å². The van der Waals surface area contributed by atoms with Crippen LogP contribution in [0, 0.1) is 5.92 Å². The summed E-state index contributed by atoms with van der Waals surface area (Å²) in [7, 11) is 0. The van der Waals surface area contributed by atoms with Crippen LogP contribution >= 0.6 is 24.8 Å². The smallest absolute Gasteiger partial charge is 0.251 e. The van der Waals surface area contributed by atoms with Crippen LogP contribution in [-0.2, 0) is 4.79 Å². The molecule has 156 valence electrons. The normalized spacial score (nSPS) is 11.4. The van der Waals surface area contributed by atoms with Gasteiger partial charge in [-0.2, -0.15) is 0 Å². The minimum Gasteiger partial charge on any atom is -0.351 e. The van der Waals surface area contributed by atoms with Gasteiger partial charge in [-0.3, -0.25) is 9.59 Å². The molecular weight excluding hydrogens is 387 g/mol. The van der Waals surface area contributed by atoms with Crippen LogP contribution in [0.1, 0.15) is 44.5 Å². The summed E-state index contributed by atoms with van der Waals surface area (Å²) in [6.45, 7) is 11.7. The van der Waals surface area contributed by atoms with E-state index in [1.54, 1.807) is 24.3 Å². The standard InChI is InChI=1S/C19H32N4O2.2ClH/c1-5-23(6-2)12-11-21-18(24)15-7-9-16(10-8-15)22-19(25)17(20)13-14(3)4;;/h7-10,14,17H,5-6,11-13,20H2,1-4H3,(H,21,24)(H,22,25);2*1H/t17-;;/m0../s1. The summed E-state index contributed by atoms with van der Waals surface area (Å²) >= 11 is 0. The zero-order chi connectivity index (χ0) is 18.8. The lowest BCUT2D eigenvalue weighted by atomic mass is 10.0. The Bertz CT molecular complexity index is 549. The molecule has 6 nitrogen and oxygen atoms in total. The van der Waals surface area contributed by atoms with E-state index in [1.165, 1.54) is 0 Å². The molecule has 1 atom stereocenters. The van der Waals surface area contributed by atoms with E-state index < -0.39 is 6.04 Å². The van der Waals surface area contributed by atoms with Gasteiger partial charge >= 0.3 is 0 Å². The van der Waals surface area contributed by atoms with E-state index in [4.69, 9.17) is 5.73 Å². The van der Waals surface area contributed by atoms with Crippen molar-refractivity contribution in [1.82, 2.24) is 10.2 Å². The van der Waals surface area contributed by atoms with Crippen molar-refractivity contribution in [3.8, 4) is 0 Å². The van der Waals surface area contributed by atoms with Crippen molar-refractivity contribution >= 4 is 42.3 Å². The fourth-order valence-electron chi connectivity index (χ4n) is 2.52. The number of carbonyl (C=O) groups is 2. The first-order chi connectivity index (χ1) is 11.9. The van der Waals surface area contributed by atoms with Crippen LogP contribution in [0.3, 0.4) is 0 Å². The maximum Gasteiger partial charge on any atom is 0.251 e. The minimum atomic E-state index is -0.525. The van der Waals surface area contributed by atoms with Crippen molar-refractivity contribution in [2.75, 3.05) is 31.5 Å². The molecule has 0 fully saturated rings. The lowest BCUT2D eigenvalue weighted by molar-refractivity contribution is -0.117. The van der Waals surface area contributed by atoms with Gasteiger partial charge in [0, 0.05) is 24.3 Å². The van der Waals surface area contributed by atoms with Gasteiger partial charge in [-0.05, 0) is 49.7 Å². The van der Waals surface area contributed by atoms with Gasteiger partial charge in [0.25, 0.3) is 5.91 Å². The largest absolute Gasteiger partial charge is 0.351 e. The molecule has 0 bridgehead atoms. The van der Waals surface area contributed by atoms with Gasteiger partial charge in [-0.1, -0.05) is 27.7 Å². The number of nitrogens with zero attached hydrogens (tertiary/aromatic N) is 1. The van der Waals surface area contributed by atoms with Gasteiger partial charge in [-0.25, -0.2) is 0 Å². The number of nitrogens with one attached hydrogen (secondary N) is 2. The lowest BCUT2D eigenvalue weighted by Crippen LogP contribution is -2.36. The summed E-state index contributed by atoms with van der Waals surface area (Å²) < 4.78 is 0. The van der Waals surface area contributed by atoms with Crippen LogP contribution in [0.15, 0.2) is 24.3 Å². The summed E-state index contributed by atoms with van der Waals surface area (Å²) in [5.74, 6) is 0.0508. The van der Waals surface area contributed by atoms with Crippen LogP contribution in [-0.4, -0.2) is 48.9 Å². The molecular formula is C19H34Cl2N4O2. The number of carbonyl (C=O) groups excluding carboxylic acids is 2. The third-order valence-corrected chi connectivity index (χ3v) is 4.08. The van der Waals surface area contributed by atoms with Crippen molar-refractivity contribution < 1.29 is 9.59 Å². The molecule has 0 saturated carbocycles. The molecule has 0 aliphatic heterocycles. The summed E-state index contributed by atoms with van der Waals surface area (Å²) in [5, 5.41) is 5.69. The van der Waals surface area contributed by atoms with Gasteiger partial charge < -0.3 is 21.3 Å². The second-order valence-corrected chi connectivity index (χ2v) is 6.59. The average Bonchev–Trinajstić information content (AvgIpc) is 2.58. The Morgan fingerprint density at radius 3 is 2.11 bits per heavy atom. The lowest BCUT2D eigenvalue weighted by Gasteiger charge is -2.18. The minimum absolute atomic E-state index is 0. The van der Waals surface area contributed by atoms with Crippen molar-refractivity contribution in [2.45, 2.75) is 40.2 Å². The van der Waals surface area contributed by atoms with Gasteiger partial charge in [0.05, 0.1) is 6.04 Å². The Morgan fingerprint density at radius 2 is 1.63 bits per heavy atom. The molecule has 0 saturated heterocycles. The topological polar surface area (TPSA) is 87.5 Å². The van der Waals surface area contributed by atoms with Crippen molar-refractivity contribution in [2.24, 2.45) is 11.7 Å². The monoisotopic (exact) mass is 420 g/mol. The van der Waals surface area contributed by atoms with Crippen LogP contribution in [0.25, 0.3) is 0 Å². The number of hydrogen-bond donors (Lipinski definition) is 3. The maximum absolute atomic E-state index is 12.1. The Hall–Kier alpha value is -1.34. The number of hydrogen-bond acceptors (Lipinski definition) is 4. The number of nitrogens with two attached hydrogens (primary N) is 1. The number of benzene rings is 1. The molecule has 8 heteroatoms. The number of rotatable bonds is 10. The molecule has 0 unspecified atom stereocenters. The highest BCUT2D eigenvalue weighted by atomic mass is 35.5. The van der Waals surface area contributed by atoms with Crippen LogP contribution in [0.4, 0.5) is 5.69 Å². The third kappa shape index (κ3) is 10.5. The third-order valence-electron chi connectivity index (χ3n) is 4.08. The summed E-state index contributed by atoms with van der Waals surface area (Å²) in [6, 6.07) is 6.33. The summed E-state index contributed by atoms with van der Waals surface area (Å²) in [6.07, 6.45) is 0.638. The van der Waals surface area contributed by atoms with E-state index in [1.807, 2.05) is 13.8 Å². The van der Waals surface area contributed by atoms with E-state index in [2.05, 4.69) is 29.4 Å². The van der Waals surface area contributed by atoms with E-state index in [0.717, 1.165) is 19.6 Å². The number of likely N-dealkylation sites (N-methyl/N-ethyl adjacent to an activating group) is 1. The second-order valence-electron chi connectivity index (χ2n) is 6.59. The fraction of sp³-hybridized carbons (Fsp3) is 0.579. The van der Waals surface area contributed by atoms with Gasteiger partial charge in [-0.15, -0.1) is 24.8 Å². The average molecular weight is 421 g/mol. The van der Waals surface area contributed by atoms with Gasteiger partial charge in [0.15, 0.2) is 0 Å². The predicted molar refractivity (Wildman–Crippen MR) is 117 cm³/mol. The van der Waals surface area contributed by atoms with Crippen molar-refractivity contribution in [1.29, 1.82) is 0 Å². The molecule has 0 aromatic heterocycles. The molecule has 0 aliphatic rings. The molecule has 4 N–H and O–H groups in total. The highest BCUT2D eigenvalue weighted by molar-refractivity contribution is 5.97. The van der Waals surface area contributed by atoms with Gasteiger partial charge in [0.1, 0.15) is 0 Å². The first-order valence-corrected chi connectivity index (χ1v) is 9.04. The van der Waals surface area contributed by atoms with E-state index in [-0.39, 0.29) is 36.6 Å². The molecule has 2 amide bonds. The van der Waals surface area contributed by atoms with Crippen LogP contribution in [0.2, 0.25) is 0 Å². The number of anilines is 1. The molecule has 27 heavy (non-hydrogen) atoms. The zero-order valence-electron chi connectivity index (χ0n) is 16.7. The number of amides is 2. The molecule has 0 aliphatic carbocycles. The second kappa shape index (κ2) is 14.7. The van der Waals surface area contributed by atoms with Gasteiger partial charge in [0.2, 0.25) is 5.91 Å². The molecule has 1 aromatic rings. The fourth-order valence-corrected chi connectivity index (χ4v) is 2.52. The summed E-state index contributed by atoms with van der Waals surface area (Å²) in [5.41, 5.74) is 7.08. The quantitative estimate of drug-likeness (QED) is 0.542. The summed E-state index contributed by atoms with van der Waals surface area (Å²) in [4.78, 5) is 26.4. The SMILES string of the molecule is CCN(CC)CCNC(=O)c1ccc(NC(=O)[C@@H](N)CC(C)C)cc1.Cl.Cl. The van der Waals surface area contributed by atoms with Crippen molar-refractivity contribution in [3.05, 3.63) is 29.8 Å². The van der Waals surface area contributed by atoms with E-state index in [9.17, 15) is 9.59 Å². The predicted octanol–water partition coefficient (Wildman–Crippen LogP) is 2.91. The highest BCUT2D eigenvalue weighted by Gasteiger charge is 2.15. The molecule has 0 radical (unpaired) electrons. The number of halogens is 2. The van der Waals surface area contributed by atoms with Crippen LogP contribution in [0.5, 0.6) is 0 Å². The zero-order valence-corrected chi connectivity index (χ0v) is 18.3. The Balaban J connectivity index is 0. The van der Waals surface area contributed by atoms with E-state index in [0.29, 0.717) is 30.1 Å². The highest BCUT2D eigenvalue weighted by Crippen LogP contribution is 2.11. The first-order valence-electron chi connectivity index (χ1n) is 9.04. The van der Waals surface area contributed by atoms with Crippen molar-refractivity contribution in [3.63, 3.8) is 0 Å². The Labute approximate surface area is 175 Å². The molecule has 1 rings (SSSR count). The van der Waals surface area contributed by atoms with E-state index >= 15 is 0 Å². The molecule has 0 heterocycles. The molecule has 1 aromatic carbocycles. The first kappa shape index (κ1) is 27.9. The molecule has 0 spiro atoms. The maximum atomic E-state index is 12.1. The Kier molecular flexibility index (Phi) is 15.2.